The minimum absolute atomic E-state index is 0.0420. The summed E-state index contributed by atoms with van der Waals surface area (Å²) in [4.78, 5) is 0. The summed E-state index contributed by atoms with van der Waals surface area (Å²) in [6, 6.07) is 9.92. The molecule has 52 heavy (non-hydrogen) atoms. The van der Waals surface area contributed by atoms with Gasteiger partial charge in [-0.15, -0.1) is 0 Å². The van der Waals surface area contributed by atoms with Crippen molar-refractivity contribution in [3.63, 3.8) is 0 Å². The van der Waals surface area contributed by atoms with Gasteiger partial charge in [-0.2, -0.15) is 0 Å². The van der Waals surface area contributed by atoms with Crippen molar-refractivity contribution in [2.24, 2.45) is 11.8 Å². The first-order chi connectivity index (χ1) is 24.5. The maximum atomic E-state index is 6.97. The van der Waals surface area contributed by atoms with Crippen molar-refractivity contribution in [1.29, 1.82) is 0 Å². The van der Waals surface area contributed by atoms with Gasteiger partial charge in [0.25, 0.3) is 0 Å². The minimum Gasteiger partial charge on any atom is -0.493 e. The van der Waals surface area contributed by atoms with E-state index in [0.29, 0.717) is 24.0 Å². The summed E-state index contributed by atoms with van der Waals surface area (Å²) in [6.45, 7) is 36.4. The number of epoxide rings is 2. The molecule has 4 unspecified atom stereocenters. The topological polar surface area (TPSA) is 43.5 Å². The van der Waals surface area contributed by atoms with Gasteiger partial charge in [-0.1, -0.05) is 110 Å². The van der Waals surface area contributed by atoms with Gasteiger partial charge in [0.1, 0.15) is 11.5 Å². The summed E-state index contributed by atoms with van der Waals surface area (Å²) in [5.41, 5.74) is 7.75. The van der Waals surface area contributed by atoms with Crippen molar-refractivity contribution in [2.75, 3.05) is 26.4 Å². The highest BCUT2D eigenvalue weighted by Gasteiger charge is 2.36. The maximum absolute atomic E-state index is 6.97. The number of ether oxygens (including phenoxy) is 4. The zero-order valence-electron chi connectivity index (χ0n) is 36.2. The van der Waals surface area contributed by atoms with E-state index in [1.165, 1.54) is 46.2 Å². The van der Waals surface area contributed by atoms with E-state index < -0.39 is 0 Å². The maximum Gasteiger partial charge on any atom is 0.126 e. The first-order valence-corrected chi connectivity index (χ1v) is 21.4. The number of rotatable bonds is 23. The Balaban J connectivity index is 1.84. The fraction of sp³-hybridized carbons (Fsp3) is 0.750. The molecule has 2 aliphatic rings. The van der Waals surface area contributed by atoms with E-state index in [4.69, 9.17) is 18.9 Å². The lowest BCUT2D eigenvalue weighted by Crippen LogP contribution is -2.24. The van der Waals surface area contributed by atoms with Gasteiger partial charge < -0.3 is 18.9 Å². The van der Waals surface area contributed by atoms with Gasteiger partial charge in [0.15, 0.2) is 0 Å². The van der Waals surface area contributed by atoms with Gasteiger partial charge in [0, 0.05) is 22.3 Å². The molecule has 0 radical (unpaired) electrons. The molecule has 2 aliphatic heterocycles. The highest BCUT2D eigenvalue weighted by atomic mass is 16.6. The third-order valence-electron chi connectivity index (χ3n) is 13.7. The highest BCUT2D eigenvalue weighted by Crippen LogP contribution is 2.49. The molecule has 4 heteroatoms. The smallest absolute Gasteiger partial charge is 0.126 e. The van der Waals surface area contributed by atoms with Crippen molar-refractivity contribution in [3.05, 3.63) is 46.5 Å². The molecule has 4 nitrogen and oxygen atoms in total. The molecular formula is C48H78O4. The Kier molecular flexibility index (Phi) is 14.5. The van der Waals surface area contributed by atoms with Crippen LogP contribution in [-0.4, -0.2) is 38.6 Å². The van der Waals surface area contributed by atoms with Crippen molar-refractivity contribution in [3.8, 4) is 22.6 Å². The lowest BCUT2D eigenvalue weighted by molar-refractivity contribution is 0.254. The molecule has 2 fully saturated rings. The first kappa shape index (κ1) is 42.7. The Morgan fingerprint density at radius 2 is 0.788 bits per heavy atom. The van der Waals surface area contributed by atoms with Gasteiger partial charge in [-0.25, -0.2) is 0 Å². The van der Waals surface area contributed by atoms with Crippen LogP contribution in [0.15, 0.2) is 24.3 Å². The van der Waals surface area contributed by atoms with E-state index in [0.717, 1.165) is 89.3 Å². The lowest BCUT2D eigenvalue weighted by atomic mass is 9.72. The lowest BCUT2D eigenvalue weighted by Gasteiger charge is -2.35. The summed E-state index contributed by atoms with van der Waals surface area (Å²) in [5, 5.41) is 0. The molecule has 0 saturated carbocycles. The van der Waals surface area contributed by atoms with Crippen LogP contribution in [0.2, 0.25) is 0 Å². The van der Waals surface area contributed by atoms with Crippen LogP contribution in [0.25, 0.3) is 11.1 Å². The van der Waals surface area contributed by atoms with Gasteiger partial charge in [-0.3, -0.25) is 0 Å². The zero-order chi connectivity index (χ0) is 38.5. The van der Waals surface area contributed by atoms with Crippen LogP contribution >= 0.6 is 0 Å². The Bertz CT molecular complexity index is 1260. The van der Waals surface area contributed by atoms with Crippen molar-refractivity contribution in [2.45, 2.75) is 195 Å². The monoisotopic (exact) mass is 719 g/mol. The second kappa shape index (κ2) is 17.6. The highest BCUT2D eigenvalue weighted by molar-refractivity contribution is 5.73. The quantitative estimate of drug-likeness (QED) is 0.0847. The Labute approximate surface area is 320 Å². The van der Waals surface area contributed by atoms with Crippen LogP contribution in [0.5, 0.6) is 11.5 Å². The molecule has 2 aromatic carbocycles. The second-order valence-corrected chi connectivity index (χ2v) is 18.8. The number of hydrogen-bond donors (Lipinski definition) is 0. The third kappa shape index (κ3) is 10.2. The van der Waals surface area contributed by atoms with Crippen molar-refractivity contribution >= 4 is 0 Å². The molecule has 2 saturated heterocycles. The van der Waals surface area contributed by atoms with Crippen LogP contribution in [-0.2, 0) is 31.1 Å². The molecule has 0 bridgehead atoms. The number of hydrogen-bond acceptors (Lipinski definition) is 4. The van der Waals surface area contributed by atoms with E-state index >= 15 is 0 Å². The SMILES string of the molecule is CCC(CCCOc1c(C(C)(C)CC)cc(-c2cc(C(C)(C)CC)c(OCCCC(CC)C3CO3)c(C(C)(C)CC)c2)cc1C(C)(C)CC)C1CO1. The fourth-order valence-electron chi connectivity index (χ4n) is 7.68. The predicted octanol–water partition coefficient (Wildman–Crippen LogP) is 13.3. The Morgan fingerprint density at radius 1 is 0.519 bits per heavy atom. The van der Waals surface area contributed by atoms with Crippen molar-refractivity contribution in [1.82, 2.24) is 0 Å². The molecule has 4 rings (SSSR count). The van der Waals surface area contributed by atoms with E-state index in [1.54, 1.807) is 0 Å². The van der Waals surface area contributed by atoms with Crippen LogP contribution < -0.4 is 9.47 Å². The van der Waals surface area contributed by atoms with Gasteiger partial charge in [-0.05, 0) is 120 Å². The standard InChI is InChI=1S/C48H78O4/c1-15-33(41-31-51-41)23-21-25-49-43-37(45(7,8)17-3)27-35(28-38(43)46(9,10)18-4)36-29-39(47(11,12)19-5)44(40(30-36)48(13,14)20-6)50-26-22-24-34(16-2)42-32-52-42/h27-30,33-34,41-42H,15-26,31-32H2,1-14H3. The van der Waals surface area contributed by atoms with Crippen LogP contribution in [0.3, 0.4) is 0 Å². The average molecular weight is 719 g/mol. The number of benzene rings is 2. The average Bonchev–Trinajstić information content (AvgIpc) is 4.06. The fourth-order valence-corrected chi connectivity index (χ4v) is 7.68. The Hall–Kier alpha value is -2.04. The van der Waals surface area contributed by atoms with Crippen molar-refractivity contribution < 1.29 is 18.9 Å². The van der Waals surface area contributed by atoms with Crippen LogP contribution in [0.1, 0.15) is 183 Å². The molecule has 0 aliphatic carbocycles. The van der Waals surface area contributed by atoms with Crippen LogP contribution in [0, 0.1) is 11.8 Å². The molecular weight excluding hydrogens is 641 g/mol. The molecule has 294 valence electrons. The van der Waals surface area contributed by atoms with E-state index in [1.807, 2.05) is 0 Å². The molecule has 0 aromatic heterocycles. The van der Waals surface area contributed by atoms with E-state index in [2.05, 4.69) is 121 Å². The molecule has 0 amide bonds. The van der Waals surface area contributed by atoms with Crippen LogP contribution in [0.4, 0.5) is 0 Å². The molecule has 4 atom stereocenters. The zero-order valence-corrected chi connectivity index (χ0v) is 36.2. The summed E-state index contributed by atoms with van der Waals surface area (Å²) < 4.78 is 25.3. The molecule has 2 heterocycles. The summed E-state index contributed by atoms with van der Waals surface area (Å²) in [7, 11) is 0. The first-order valence-electron chi connectivity index (χ1n) is 21.4. The second-order valence-electron chi connectivity index (χ2n) is 18.8. The predicted molar refractivity (Wildman–Crippen MR) is 222 cm³/mol. The molecule has 0 N–H and O–H groups in total. The van der Waals surface area contributed by atoms with Gasteiger partial charge >= 0.3 is 0 Å². The van der Waals surface area contributed by atoms with E-state index in [-0.39, 0.29) is 21.7 Å². The van der Waals surface area contributed by atoms with Gasteiger partial charge in [0.2, 0.25) is 0 Å². The largest absolute Gasteiger partial charge is 0.493 e. The summed E-state index contributed by atoms with van der Waals surface area (Å²) >= 11 is 0. The summed E-state index contributed by atoms with van der Waals surface area (Å²) in [5.74, 6) is 3.51. The van der Waals surface area contributed by atoms with Gasteiger partial charge in [0.05, 0.1) is 38.6 Å². The van der Waals surface area contributed by atoms with E-state index in [9.17, 15) is 0 Å². The molecule has 0 spiro atoms. The third-order valence-corrected chi connectivity index (χ3v) is 13.7. The minimum atomic E-state index is -0.0420. The molecule has 2 aromatic rings. The summed E-state index contributed by atoms with van der Waals surface area (Å²) in [6.07, 6.45) is 11.9. The Morgan fingerprint density at radius 3 is 1.00 bits per heavy atom. The normalized spacial score (nSPS) is 19.0.